The number of nitrogens with one attached hydrogen (secondary N) is 3. The van der Waals surface area contributed by atoms with Crippen LogP contribution in [0.1, 0.15) is 22.8 Å². The van der Waals surface area contributed by atoms with Gasteiger partial charge in [-0.05, 0) is 55.4 Å². The van der Waals surface area contributed by atoms with Crippen LogP contribution in [0.2, 0.25) is 0 Å². The summed E-state index contributed by atoms with van der Waals surface area (Å²) in [6.45, 7) is 3.48. The van der Waals surface area contributed by atoms with Crippen molar-refractivity contribution < 1.29 is 22.8 Å². The van der Waals surface area contributed by atoms with E-state index in [2.05, 4.69) is 16.0 Å². The van der Waals surface area contributed by atoms with E-state index in [0.29, 0.717) is 17.3 Å². The highest BCUT2D eigenvalue weighted by Crippen LogP contribution is 2.29. The van der Waals surface area contributed by atoms with Crippen molar-refractivity contribution in [1.29, 1.82) is 0 Å². The number of carbonyl (C=O) groups is 2. The Balaban J connectivity index is 1.67. The van der Waals surface area contributed by atoms with Gasteiger partial charge in [-0.3, -0.25) is 9.59 Å². The minimum absolute atomic E-state index is 0.102. The van der Waals surface area contributed by atoms with Gasteiger partial charge in [0.25, 0.3) is 5.91 Å². The lowest BCUT2D eigenvalue weighted by atomic mass is 9.88. The SMILES string of the molecule is CC(C(=O)Nc1cccc(NC(=O)c2cccc(C(F)(F)F)c2)c1)C1CNC1. The molecular formula is C20H20F3N3O2. The van der Waals surface area contributed by atoms with Gasteiger partial charge in [0, 0.05) is 22.9 Å². The maximum atomic E-state index is 12.8. The lowest BCUT2D eigenvalue weighted by Crippen LogP contribution is -2.48. The van der Waals surface area contributed by atoms with E-state index in [1.54, 1.807) is 24.3 Å². The van der Waals surface area contributed by atoms with Crippen molar-refractivity contribution in [3.05, 3.63) is 59.7 Å². The summed E-state index contributed by atoms with van der Waals surface area (Å²) in [5, 5.41) is 8.49. The van der Waals surface area contributed by atoms with E-state index >= 15 is 0 Å². The van der Waals surface area contributed by atoms with Crippen molar-refractivity contribution in [2.24, 2.45) is 11.8 Å². The molecule has 0 spiro atoms. The number of anilines is 2. The first kappa shape index (κ1) is 19.9. The van der Waals surface area contributed by atoms with E-state index < -0.39 is 17.6 Å². The second-order valence-corrected chi connectivity index (χ2v) is 6.81. The first-order valence-electron chi connectivity index (χ1n) is 8.84. The van der Waals surface area contributed by atoms with Gasteiger partial charge < -0.3 is 16.0 Å². The Kier molecular flexibility index (Phi) is 5.69. The molecule has 3 rings (SSSR count). The zero-order chi connectivity index (χ0) is 20.3. The van der Waals surface area contributed by atoms with Gasteiger partial charge in [-0.15, -0.1) is 0 Å². The van der Waals surface area contributed by atoms with Crippen LogP contribution in [0.25, 0.3) is 0 Å². The van der Waals surface area contributed by atoms with Gasteiger partial charge >= 0.3 is 6.18 Å². The molecule has 8 heteroatoms. The Bertz CT molecular complexity index is 879. The molecule has 2 amide bonds. The van der Waals surface area contributed by atoms with E-state index in [1.165, 1.54) is 12.1 Å². The summed E-state index contributed by atoms with van der Waals surface area (Å²) >= 11 is 0. The first-order chi connectivity index (χ1) is 13.2. The fraction of sp³-hybridized carbons (Fsp3) is 0.300. The van der Waals surface area contributed by atoms with Crippen molar-refractivity contribution >= 4 is 23.2 Å². The fourth-order valence-corrected chi connectivity index (χ4v) is 2.85. The van der Waals surface area contributed by atoms with Gasteiger partial charge in [-0.25, -0.2) is 0 Å². The van der Waals surface area contributed by atoms with Crippen molar-refractivity contribution in [1.82, 2.24) is 5.32 Å². The zero-order valence-corrected chi connectivity index (χ0v) is 15.1. The van der Waals surface area contributed by atoms with Gasteiger partial charge in [-0.2, -0.15) is 13.2 Å². The first-order valence-corrected chi connectivity index (χ1v) is 8.84. The van der Waals surface area contributed by atoms with Gasteiger partial charge in [0.2, 0.25) is 5.91 Å². The average molecular weight is 391 g/mol. The molecule has 148 valence electrons. The maximum absolute atomic E-state index is 12.8. The highest BCUT2D eigenvalue weighted by Gasteiger charge is 2.31. The number of alkyl halides is 3. The standard InChI is InChI=1S/C20H20F3N3O2/c1-12(14-10-24-11-14)18(27)25-16-6-3-7-17(9-16)26-19(28)13-4-2-5-15(8-13)20(21,22)23/h2-9,12,14,24H,10-11H2,1H3,(H,25,27)(H,26,28). The summed E-state index contributed by atoms with van der Waals surface area (Å²) < 4.78 is 38.4. The number of hydrogen-bond acceptors (Lipinski definition) is 3. The molecule has 1 fully saturated rings. The van der Waals surface area contributed by atoms with Crippen LogP contribution in [0.3, 0.4) is 0 Å². The van der Waals surface area contributed by atoms with Crippen molar-refractivity contribution in [2.45, 2.75) is 13.1 Å². The molecule has 2 aromatic carbocycles. The highest BCUT2D eigenvalue weighted by atomic mass is 19.4. The highest BCUT2D eigenvalue weighted by molar-refractivity contribution is 6.04. The summed E-state index contributed by atoms with van der Waals surface area (Å²) in [7, 11) is 0. The van der Waals surface area contributed by atoms with Gasteiger partial charge in [-0.1, -0.05) is 19.1 Å². The lowest BCUT2D eigenvalue weighted by molar-refractivity contribution is -0.137. The summed E-state index contributed by atoms with van der Waals surface area (Å²) in [6, 6.07) is 10.7. The van der Waals surface area contributed by atoms with Crippen molar-refractivity contribution in [2.75, 3.05) is 23.7 Å². The number of amides is 2. The Hall–Kier alpha value is -2.87. The summed E-state index contributed by atoms with van der Waals surface area (Å²) in [4.78, 5) is 24.6. The molecule has 2 aromatic rings. The fourth-order valence-electron chi connectivity index (χ4n) is 2.85. The predicted octanol–water partition coefficient (Wildman–Crippen LogP) is 3.75. The van der Waals surface area contributed by atoms with Crippen LogP contribution in [0.15, 0.2) is 48.5 Å². The van der Waals surface area contributed by atoms with Crippen LogP contribution in [0.4, 0.5) is 24.5 Å². The molecule has 0 aromatic heterocycles. The van der Waals surface area contributed by atoms with Crippen LogP contribution < -0.4 is 16.0 Å². The zero-order valence-electron chi connectivity index (χ0n) is 15.1. The minimum atomic E-state index is -4.52. The van der Waals surface area contributed by atoms with E-state index in [0.717, 1.165) is 25.2 Å². The topological polar surface area (TPSA) is 70.2 Å². The van der Waals surface area contributed by atoms with Gasteiger partial charge in [0.1, 0.15) is 0 Å². The normalized spacial score (nSPS) is 15.4. The van der Waals surface area contributed by atoms with Crippen molar-refractivity contribution in [3.63, 3.8) is 0 Å². The van der Waals surface area contributed by atoms with Gasteiger partial charge in [0.05, 0.1) is 5.56 Å². The number of rotatable bonds is 5. The monoisotopic (exact) mass is 391 g/mol. The van der Waals surface area contributed by atoms with E-state index in [-0.39, 0.29) is 17.4 Å². The number of benzene rings is 2. The summed E-state index contributed by atoms with van der Waals surface area (Å²) in [5.74, 6) is -0.634. The molecule has 1 aliphatic heterocycles. The van der Waals surface area contributed by atoms with E-state index in [9.17, 15) is 22.8 Å². The third-order valence-electron chi connectivity index (χ3n) is 4.77. The number of carbonyl (C=O) groups excluding carboxylic acids is 2. The molecule has 1 heterocycles. The Morgan fingerprint density at radius 1 is 1.04 bits per heavy atom. The van der Waals surface area contributed by atoms with Crippen LogP contribution in [0, 0.1) is 11.8 Å². The predicted molar refractivity (Wildman–Crippen MR) is 100.0 cm³/mol. The smallest absolute Gasteiger partial charge is 0.326 e. The molecule has 28 heavy (non-hydrogen) atoms. The van der Waals surface area contributed by atoms with E-state index in [1.807, 2.05) is 6.92 Å². The Labute approximate surface area is 160 Å². The average Bonchev–Trinajstić information content (AvgIpc) is 2.60. The molecule has 0 bridgehead atoms. The minimum Gasteiger partial charge on any atom is -0.326 e. The third kappa shape index (κ3) is 4.69. The quantitative estimate of drug-likeness (QED) is 0.727. The van der Waals surface area contributed by atoms with Crippen LogP contribution >= 0.6 is 0 Å². The third-order valence-corrected chi connectivity index (χ3v) is 4.77. The number of hydrogen-bond donors (Lipinski definition) is 3. The molecule has 1 atom stereocenters. The molecule has 0 aliphatic carbocycles. The molecule has 0 saturated carbocycles. The van der Waals surface area contributed by atoms with Crippen molar-refractivity contribution in [3.8, 4) is 0 Å². The Morgan fingerprint density at radius 3 is 2.29 bits per heavy atom. The molecule has 1 aliphatic rings. The second-order valence-electron chi connectivity index (χ2n) is 6.81. The van der Waals surface area contributed by atoms with E-state index in [4.69, 9.17) is 0 Å². The van der Waals surface area contributed by atoms with Crippen LogP contribution in [-0.2, 0) is 11.0 Å². The molecule has 1 unspecified atom stereocenters. The summed E-state index contributed by atoms with van der Waals surface area (Å²) in [5.41, 5.74) is -0.111. The largest absolute Gasteiger partial charge is 0.416 e. The molecule has 5 nitrogen and oxygen atoms in total. The van der Waals surface area contributed by atoms with Gasteiger partial charge in [0.15, 0.2) is 0 Å². The summed E-state index contributed by atoms with van der Waals surface area (Å²) in [6.07, 6.45) is -4.52. The lowest BCUT2D eigenvalue weighted by Gasteiger charge is -2.31. The molecule has 0 radical (unpaired) electrons. The molecule has 3 N–H and O–H groups in total. The second kappa shape index (κ2) is 8.02. The Morgan fingerprint density at radius 2 is 1.68 bits per heavy atom. The molecular weight excluding hydrogens is 371 g/mol. The van der Waals surface area contributed by atoms with Crippen LogP contribution in [-0.4, -0.2) is 24.9 Å². The maximum Gasteiger partial charge on any atom is 0.416 e. The molecule has 1 saturated heterocycles. The number of halogens is 3. The van der Waals surface area contributed by atoms with Crippen LogP contribution in [0.5, 0.6) is 0 Å².